The van der Waals surface area contributed by atoms with Crippen LogP contribution in [0.4, 0.5) is 0 Å². The van der Waals surface area contributed by atoms with E-state index in [4.69, 9.17) is 0 Å². The van der Waals surface area contributed by atoms with Gasteiger partial charge in [-0.1, -0.05) is 26.0 Å². The summed E-state index contributed by atoms with van der Waals surface area (Å²) in [5.41, 5.74) is 0. The minimum absolute atomic E-state index is 0.622. The van der Waals surface area contributed by atoms with Crippen LogP contribution in [-0.2, 0) is 0 Å². The molecule has 0 amide bonds. The molecule has 3 heteroatoms. The molecule has 1 aromatic carbocycles. The fourth-order valence-electron chi connectivity index (χ4n) is 1.42. The second-order valence-electron chi connectivity index (χ2n) is 3.80. The predicted octanol–water partition coefficient (Wildman–Crippen LogP) is 4.32. The zero-order chi connectivity index (χ0) is 11.8. The molecule has 0 aliphatic carbocycles. The van der Waals surface area contributed by atoms with Gasteiger partial charge in [0.15, 0.2) is 0 Å². The third-order valence-electron chi connectivity index (χ3n) is 2.45. The van der Waals surface area contributed by atoms with Crippen molar-refractivity contribution >= 4 is 27.7 Å². The number of hydrogen-bond acceptors (Lipinski definition) is 2. The molecule has 0 radical (unpaired) electrons. The molecule has 1 aromatic rings. The van der Waals surface area contributed by atoms with Crippen molar-refractivity contribution in [1.82, 2.24) is 5.32 Å². The van der Waals surface area contributed by atoms with Crippen molar-refractivity contribution in [1.29, 1.82) is 0 Å². The molecule has 0 fully saturated rings. The average Bonchev–Trinajstić information content (AvgIpc) is 2.31. The van der Waals surface area contributed by atoms with Crippen LogP contribution in [0.15, 0.2) is 33.6 Å². The van der Waals surface area contributed by atoms with Gasteiger partial charge in [0, 0.05) is 21.2 Å². The Morgan fingerprint density at radius 1 is 1.31 bits per heavy atom. The van der Waals surface area contributed by atoms with Crippen molar-refractivity contribution in [3.05, 3.63) is 28.7 Å². The maximum Gasteiger partial charge on any atom is 0.0311 e. The molecule has 0 saturated heterocycles. The molecule has 0 bridgehead atoms. The number of rotatable bonds is 7. The highest BCUT2D eigenvalue weighted by molar-refractivity contribution is 9.10. The quantitative estimate of drug-likeness (QED) is 0.753. The van der Waals surface area contributed by atoms with Gasteiger partial charge in [0.1, 0.15) is 0 Å². The summed E-state index contributed by atoms with van der Waals surface area (Å²) in [6.07, 6.45) is 2.40. The van der Waals surface area contributed by atoms with Crippen LogP contribution in [0.25, 0.3) is 0 Å². The number of hydrogen-bond donors (Lipinski definition) is 1. The van der Waals surface area contributed by atoms with Gasteiger partial charge in [-0.2, -0.15) is 0 Å². The largest absolute Gasteiger partial charge is 0.313 e. The Bertz CT molecular complexity index is 304. The lowest BCUT2D eigenvalue weighted by Gasteiger charge is -2.16. The molecule has 16 heavy (non-hydrogen) atoms. The van der Waals surface area contributed by atoms with Crippen LogP contribution in [-0.4, -0.2) is 18.3 Å². The molecular formula is C13H20BrNS. The molecule has 0 saturated carbocycles. The molecule has 1 nitrogen and oxygen atoms in total. The Morgan fingerprint density at radius 2 is 2.06 bits per heavy atom. The number of nitrogens with one attached hydrogen (secondary N) is 1. The van der Waals surface area contributed by atoms with Crippen LogP contribution in [0.1, 0.15) is 26.7 Å². The van der Waals surface area contributed by atoms with E-state index in [2.05, 4.69) is 59.4 Å². The molecular weight excluding hydrogens is 282 g/mol. The maximum atomic E-state index is 3.58. The molecule has 0 aliphatic heterocycles. The Balaban J connectivity index is 2.40. The topological polar surface area (TPSA) is 12.0 Å². The van der Waals surface area contributed by atoms with Gasteiger partial charge < -0.3 is 5.32 Å². The van der Waals surface area contributed by atoms with E-state index in [0.717, 1.165) is 12.3 Å². The van der Waals surface area contributed by atoms with Gasteiger partial charge in [0.25, 0.3) is 0 Å². The Labute approximate surface area is 112 Å². The third-order valence-corrected chi connectivity index (χ3v) is 4.64. The fraction of sp³-hybridized carbons (Fsp3) is 0.538. The second kappa shape index (κ2) is 8.15. The van der Waals surface area contributed by atoms with Crippen molar-refractivity contribution in [2.45, 2.75) is 37.6 Å². The summed E-state index contributed by atoms with van der Waals surface area (Å²) in [6.45, 7) is 5.57. The van der Waals surface area contributed by atoms with Crippen molar-refractivity contribution in [3.8, 4) is 0 Å². The highest BCUT2D eigenvalue weighted by Crippen LogP contribution is 2.27. The molecule has 1 atom stereocenters. The van der Waals surface area contributed by atoms with E-state index in [-0.39, 0.29) is 0 Å². The predicted molar refractivity (Wildman–Crippen MR) is 77.2 cm³/mol. The SMILES string of the molecule is CCCNC(CC)CSc1ccccc1Br. The van der Waals surface area contributed by atoms with Crippen LogP contribution in [0.5, 0.6) is 0 Å². The number of thioether (sulfide) groups is 1. The number of benzene rings is 1. The first kappa shape index (κ1) is 14.1. The van der Waals surface area contributed by atoms with Crippen LogP contribution in [0.3, 0.4) is 0 Å². The third kappa shape index (κ3) is 4.89. The Kier molecular flexibility index (Phi) is 7.17. The molecule has 0 spiro atoms. The highest BCUT2D eigenvalue weighted by Gasteiger charge is 2.06. The monoisotopic (exact) mass is 301 g/mol. The molecule has 0 heterocycles. The van der Waals surface area contributed by atoms with Gasteiger partial charge in [0.05, 0.1) is 0 Å². The lowest BCUT2D eigenvalue weighted by Crippen LogP contribution is -2.31. The van der Waals surface area contributed by atoms with Gasteiger partial charge >= 0.3 is 0 Å². The summed E-state index contributed by atoms with van der Waals surface area (Å²) in [6, 6.07) is 9.04. The molecule has 90 valence electrons. The smallest absolute Gasteiger partial charge is 0.0311 e. The normalized spacial score (nSPS) is 12.7. The first-order chi connectivity index (χ1) is 7.77. The first-order valence-corrected chi connectivity index (χ1v) is 7.66. The molecule has 1 unspecified atom stereocenters. The summed E-state index contributed by atoms with van der Waals surface area (Å²) in [7, 11) is 0. The minimum atomic E-state index is 0.622. The zero-order valence-electron chi connectivity index (χ0n) is 10.0. The summed E-state index contributed by atoms with van der Waals surface area (Å²) in [5, 5.41) is 3.57. The van der Waals surface area contributed by atoms with Crippen molar-refractivity contribution in [3.63, 3.8) is 0 Å². The summed E-state index contributed by atoms with van der Waals surface area (Å²) in [4.78, 5) is 1.33. The van der Waals surface area contributed by atoms with Crippen molar-refractivity contribution in [2.24, 2.45) is 0 Å². The first-order valence-electron chi connectivity index (χ1n) is 5.88. The maximum absolute atomic E-state index is 3.58. The van der Waals surface area contributed by atoms with E-state index in [1.54, 1.807) is 0 Å². The van der Waals surface area contributed by atoms with Crippen molar-refractivity contribution < 1.29 is 0 Å². The van der Waals surface area contributed by atoms with Crippen LogP contribution in [0, 0.1) is 0 Å². The molecule has 1 rings (SSSR count). The van der Waals surface area contributed by atoms with E-state index in [1.807, 2.05) is 11.8 Å². The van der Waals surface area contributed by atoms with Gasteiger partial charge in [-0.05, 0) is 47.4 Å². The second-order valence-corrected chi connectivity index (χ2v) is 5.72. The van der Waals surface area contributed by atoms with Crippen LogP contribution < -0.4 is 5.32 Å². The zero-order valence-corrected chi connectivity index (χ0v) is 12.4. The Morgan fingerprint density at radius 3 is 2.69 bits per heavy atom. The lowest BCUT2D eigenvalue weighted by molar-refractivity contribution is 0.539. The van der Waals surface area contributed by atoms with Crippen LogP contribution >= 0.6 is 27.7 Å². The van der Waals surface area contributed by atoms with E-state index in [9.17, 15) is 0 Å². The summed E-state index contributed by atoms with van der Waals surface area (Å²) in [5.74, 6) is 1.14. The van der Waals surface area contributed by atoms with Crippen LogP contribution in [0.2, 0.25) is 0 Å². The summed E-state index contributed by atoms with van der Waals surface area (Å²) < 4.78 is 1.20. The van der Waals surface area contributed by atoms with E-state index < -0.39 is 0 Å². The lowest BCUT2D eigenvalue weighted by atomic mass is 10.2. The average molecular weight is 302 g/mol. The summed E-state index contributed by atoms with van der Waals surface area (Å²) >= 11 is 5.50. The molecule has 0 aromatic heterocycles. The van der Waals surface area contributed by atoms with Gasteiger partial charge in [-0.15, -0.1) is 11.8 Å². The number of halogens is 1. The van der Waals surface area contributed by atoms with Gasteiger partial charge in [0.2, 0.25) is 0 Å². The fourth-order valence-corrected chi connectivity index (χ4v) is 3.16. The van der Waals surface area contributed by atoms with Crippen molar-refractivity contribution in [2.75, 3.05) is 12.3 Å². The van der Waals surface area contributed by atoms with Gasteiger partial charge in [-0.3, -0.25) is 0 Å². The minimum Gasteiger partial charge on any atom is -0.313 e. The van der Waals surface area contributed by atoms with E-state index in [0.29, 0.717) is 6.04 Å². The molecule has 1 N–H and O–H groups in total. The standard InChI is InChI=1S/C13H20BrNS/c1-3-9-15-11(4-2)10-16-13-8-6-5-7-12(13)14/h5-8,11,15H,3-4,9-10H2,1-2H3. The Hall–Kier alpha value is 0.01000. The molecule has 0 aliphatic rings. The highest BCUT2D eigenvalue weighted by atomic mass is 79.9. The van der Waals surface area contributed by atoms with E-state index >= 15 is 0 Å². The van der Waals surface area contributed by atoms with Gasteiger partial charge in [-0.25, -0.2) is 0 Å². The van der Waals surface area contributed by atoms with E-state index in [1.165, 1.54) is 22.2 Å².